The van der Waals surface area contributed by atoms with E-state index in [0.29, 0.717) is 26.4 Å². The fraction of sp³-hybridized carbons (Fsp3) is 0.538. The van der Waals surface area contributed by atoms with Crippen molar-refractivity contribution < 1.29 is 14.2 Å². The molecule has 0 amide bonds. The van der Waals surface area contributed by atoms with E-state index in [1.807, 2.05) is 18.2 Å². The highest BCUT2D eigenvalue weighted by atomic mass is 127. The molecule has 17 heavy (non-hydrogen) atoms. The summed E-state index contributed by atoms with van der Waals surface area (Å²) in [5.41, 5.74) is 1.19. The van der Waals surface area contributed by atoms with Crippen LogP contribution in [-0.4, -0.2) is 36.5 Å². The topological polar surface area (TPSA) is 27.7 Å². The van der Waals surface area contributed by atoms with Crippen LogP contribution in [-0.2, 0) is 20.8 Å². The molecule has 0 N–H and O–H groups in total. The molecule has 4 heteroatoms. The Morgan fingerprint density at radius 2 is 1.94 bits per heavy atom. The van der Waals surface area contributed by atoms with Crippen molar-refractivity contribution in [3.63, 3.8) is 0 Å². The van der Waals surface area contributed by atoms with Crippen molar-refractivity contribution in [2.24, 2.45) is 0 Å². The summed E-state index contributed by atoms with van der Waals surface area (Å²) in [6.45, 7) is 2.58. The smallest absolute Gasteiger partial charge is 0.105 e. The second-order valence-corrected chi connectivity index (χ2v) is 4.95. The van der Waals surface area contributed by atoms with Gasteiger partial charge < -0.3 is 14.2 Å². The predicted molar refractivity (Wildman–Crippen MR) is 74.5 cm³/mol. The van der Waals surface area contributed by atoms with Crippen LogP contribution in [0.15, 0.2) is 30.3 Å². The molecule has 2 atom stereocenters. The minimum Gasteiger partial charge on any atom is -0.376 e. The minimum absolute atomic E-state index is 0.0761. The van der Waals surface area contributed by atoms with Crippen LogP contribution in [0.3, 0.4) is 0 Å². The standard InChI is InChI=1S/C13H17IO3/c14-6-12-8-16-10-13(17-12)9-15-7-11-4-2-1-3-5-11/h1-5,12-13H,6-10H2. The highest BCUT2D eigenvalue weighted by Gasteiger charge is 2.22. The SMILES string of the molecule is ICC1COCC(COCc2ccccc2)O1. The highest BCUT2D eigenvalue weighted by molar-refractivity contribution is 14.1. The summed E-state index contributed by atoms with van der Waals surface area (Å²) in [6, 6.07) is 10.2. The molecule has 0 spiro atoms. The van der Waals surface area contributed by atoms with Crippen molar-refractivity contribution in [1.82, 2.24) is 0 Å². The van der Waals surface area contributed by atoms with E-state index < -0.39 is 0 Å². The number of benzene rings is 1. The van der Waals surface area contributed by atoms with Gasteiger partial charge in [-0.2, -0.15) is 0 Å². The van der Waals surface area contributed by atoms with Crippen molar-refractivity contribution in [2.45, 2.75) is 18.8 Å². The first-order chi connectivity index (χ1) is 8.38. The predicted octanol–water partition coefficient (Wildman–Crippen LogP) is 2.42. The van der Waals surface area contributed by atoms with E-state index in [2.05, 4.69) is 34.7 Å². The van der Waals surface area contributed by atoms with Crippen molar-refractivity contribution in [3.05, 3.63) is 35.9 Å². The number of hydrogen-bond acceptors (Lipinski definition) is 3. The van der Waals surface area contributed by atoms with Crippen LogP contribution in [0.5, 0.6) is 0 Å². The maximum atomic E-state index is 5.82. The van der Waals surface area contributed by atoms with E-state index in [9.17, 15) is 0 Å². The first-order valence-electron chi connectivity index (χ1n) is 5.79. The molecule has 3 nitrogen and oxygen atoms in total. The molecule has 1 saturated heterocycles. The molecule has 2 rings (SSSR count). The first kappa shape index (κ1) is 13.3. The molecule has 1 heterocycles. The molecular formula is C13H17IO3. The van der Waals surface area contributed by atoms with Gasteiger partial charge in [-0.1, -0.05) is 52.9 Å². The lowest BCUT2D eigenvalue weighted by atomic mass is 10.2. The Hall–Kier alpha value is -0.170. The summed E-state index contributed by atoms with van der Waals surface area (Å²) in [5, 5.41) is 0. The maximum absolute atomic E-state index is 5.82. The zero-order valence-corrected chi connectivity index (χ0v) is 11.8. The van der Waals surface area contributed by atoms with Gasteiger partial charge in [0, 0.05) is 4.43 Å². The molecule has 1 aromatic carbocycles. The second-order valence-electron chi connectivity index (χ2n) is 4.07. The van der Waals surface area contributed by atoms with Gasteiger partial charge in [0.25, 0.3) is 0 Å². The third-order valence-corrected chi connectivity index (χ3v) is 3.56. The van der Waals surface area contributed by atoms with Gasteiger partial charge in [0.05, 0.1) is 32.5 Å². The number of hydrogen-bond donors (Lipinski definition) is 0. The zero-order chi connectivity index (χ0) is 11.9. The maximum Gasteiger partial charge on any atom is 0.105 e. The molecule has 0 aromatic heterocycles. The van der Waals surface area contributed by atoms with Gasteiger partial charge in [-0.05, 0) is 5.56 Å². The van der Waals surface area contributed by atoms with Crippen LogP contribution >= 0.6 is 22.6 Å². The van der Waals surface area contributed by atoms with E-state index >= 15 is 0 Å². The molecule has 94 valence electrons. The molecule has 0 aliphatic carbocycles. The van der Waals surface area contributed by atoms with Gasteiger partial charge in [-0.25, -0.2) is 0 Å². The molecular weight excluding hydrogens is 331 g/mol. The zero-order valence-electron chi connectivity index (χ0n) is 9.68. The number of halogens is 1. The van der Waals surface area contributed by atoms with Crippen LogP contribution in [0, 0.1) is 0 Å². The Morgan fingerprint density at radius 3 is 2.71 bits per heavy atom. The van der Waals surface area contributed by atoms with Crippen LogP contribution in [0.4, 0.5) is 0 Å². The quantitative estimate of drug-likeness (QED) is 0.604. The lowest BCUT2D eigenvalue weighted by molar-refractivity contribution is -0.150. The van der Waals surface area contributed by atoms with Gasteiger partial charge in [-0.15, -0.1) is 0 Å². The van der Waals surface area contributed by atoms with E-state index in [4.69, 9.17) is 14.2 Å². The van der Waals surface area contributed by atoms with Crippen molar-refractivity contribution in [1.29, 1.82) is 0 Å². The van der Waals surface area contributed by atoms with E-state index in [0.717, 1.165) is 4.43 Å². The first-order valence-corrected chi connectivity index (χ1v) is 7.32. The van der Waals surface area contributed by atoms with Gasteiger partial charge in [0.1, 0.15) is 6.10 Å². The largest absolute Gasteiger partial charge is 0.376 e. The normalized spacial score (nSPS) is 24.8. The van der Waals surface area contributed by atoms with Crippen molar-refractivity contribution >= 4 is 22.6 Å². The Morgan fingerprint density at radius 1 is 1.18 bits per heavy atom. The number of ether oxygens (including phenoxy) is 3. The van der Waals surface area contributed by atoms with Crippen LogP contribution in [0.2, 0.25) is 0 Å². The third-order valence-electron chi connectivity index (χ3n) is 2.58. The minimum atomic E-state index is 0.0761. The van der Waals surface area contributed by atoms with Gasteiger partial charge in [0.15, 0.2) is 0 Å². The van der Waals surface area contributed by atoms with Crippen LogP contribution in [0.25, 0.3) is 0 Å². The van der Waals surface area contributed by atoms with Crippen LogP contribution < -0.4 is 0 Å². The highest BCUT2D eigenvalue weighted by Crippen LogP contribution is 2.11. The van der Waals surface area contributed by atoms with Crippen molar-refractivity contribution in [2.75, 3.05) is 24.2 Å². The van der Waals surface area contributed by atoms with Crippen molar-refractivity contribution in [3.8, 4) is 0 Å². The number of rotatable bonds is 5. The summed E-state index contributed by atoms with van der Waals surface area (Å²) in [5.74, 6) is 0. The fourth-order valence-corrected chi connectivity index (χ4v) is 2.19. The summed E-state index contributed by atoms with van der Waals surface area (Å²) >= 11 is 2.32. The molecule has 0 saturated carbocycles. The summed E-state index contributed by atoms with van der Waals surface area (Å²) < 4.78 is 17.9. The van der Waals surface area contributed by atoms with E-state index in [-0.39, 0.29) is 12.2 Å². The summed E-state index contributed by atoms with van der Waals surface area (Å²) in [7, 11) is 0. The van der Waals surface area contributed by atoms with E-state index in [1.165, 1.54) is 5.56 Å². The molecule has 1 fully saturated rings. The Balaban J connectivity index is 1.68. The summed E-state index contributed by atoms with van der Waals surface area (Å²) in [4.78, 5) is 0. The Labute approximate surface area is 116 Å². The molecule has 1 aromatic rings. The molecule has 0 bridgehead atoms. The lowest BCUT2D eigenvalue weighted by Gasteiger charge is -2.29. The van der Waals surface area contributed by atoms with E-state index in [1.54, 1.807) is 0 Å². The van der Waals surface area contributed by atoms with Gasteiger partial charge >= 0.3 is 0 Å². The average Bonchev–Trinajstić information content (AvgIpc) is 2.40. The fourth-order valence-electron chi connectivity index (χ4n) is 1.73. The Kier molecular flexibility index (Phi) is 5.70. The van der Waals surface area contributed by atoms with Crippen LogP contribution in [0.1, 0.15) is 5.56 Å². The van der Waals surface area contributed by atoms with Gasteiger partial charge in [0.2, 0.25) is 0 Å². The molecule has 1 aliphatic heterocycles. The second kappa shape index (κ2) is 7.31. The molecule has 1 aliphatic rings. The third kappa shape index (κ3) is 4.54. The monoisotopic (exact) mass is 348 g/mol. The number of alkyl halides is 1. The summed E-state index contributed by atoms with van der Waals surface area (Å²) in [6.07, 6.45) is 0.293. The Bertz CT molecular complexity index is 318. The molecule has 0 radical (unpaired) electrons. The lowest BCUT2D eigenvalue weighted by Crippen LogP contribution is -2.39. The average molecular weight is 348 g/mol. The molecule has 2 unspecified atom stereocenters. The van der Waals surface area contributed by atoms with Gasteiger partial charge in [-0.3, -0.25) is 0 Å².